The molecule has 4 rings (SSSR count). The number of ether oxygens (including phenoxy) is 2. The van der Waals surface area contributed by atoms with Crippen molar-refractivity contribution in [2.24, 2.45) is 0 Å². The third-order valence-corrected chi connectivity index (χ3v) is 5.45. The number of benzene rings is 2. The smallest absolute Gasteiger partial charge is 0.325 e. The van der Waals surface area contributed by atoms with Crippen LogP contribution in [0.2, 0.25) is 0 Å². The third-order valence-electron chi connectivity index (χ3n) is 5.45. The summed E-state index contributed by atoms with van der Waals surface area (Å²) < 4.78 is 10.3. The van der Waals surface area contributed by atoms with Gasteiger partial charge in [-0.25, -0.2) is 4.98 Å². The molecule has 0 unspecified atom stereocenters. The lowest BCUT2D eigenvalue weighted by Crippen LogP contribution is -2.36. The predicted octanol–water partition coefficient (Wildman–Crippen LogP) is 3.11. The van der Waals surface area contributed by atoms with E-state index in [0.717, 1.165) is 43.2 Å². The second kappa shape index (κ2) is 11.1. The molecule has 1 saturated heterocycles. The molecule has 0 atom stereocenters. The Hall–Kier alpha value is -4.16. The Bertz CT molecular complexity index is 1140. The van der Waals surface area contributed by atoms with Gasteiger partial charge in [0, 0.05) is 31.0 Å². The number of anilines is 4. The molecule has 0 aliphatic carbocycles. The molecule has 9 nitrogen and oxygen atoms in total. The summed E-state index contributed by atoms with van der Waals surface area (Å²) in [4.78, 5) is 25.0. The van der Waals surface area contributed by atoms with Crippen molar-refractivity contribution in [2.75, 3.05) is 55.1 Å². The fourth-order valence-corrected chi connectivity index (χ4v) is 3.69. The number of esters is 1. The zero-order valence-electron chi connectivity index (χ0n) is 19.0. The highest BCUT2D eigenvalue weighted by molar-refractivity contribution is 5.76. The minimum absolute atomic E-state index is 0.0508. The lowest BCUT2D eigenvalue weighted by atomic mass is 10.2. The molecule has 34 heavy (non-hydrogen) atoms. The molecule has 2 heterocycles. The molecular weight excluding hydrogens is 432 g/mol. The molecule has 0 spiro atoms. The quantitative estimate of drug-likeness (QED) is 0.510. The van der Waals surface area contributed by atoms with Crippen molar-refractivity contribution in [1.29, 1.82) is 5.26 Å². The Labute approximate surface area is 198 Å². The third kappa shape index (κ3) is 5.79. The van der Waals surface area contributed by atoms with Crippen LogP contribution in [0.1, 0.15) is 11.1 Å². The largest absolute Gasteiger partial charge is 0.468 e. The number of nitrogens with one attached hydrogen (secondary N) is 1. The van der Waals surface area contributed by atoms with Crippen LogP contribution in [-0.4, -0.2) is 55.9 Å². The van der Waals surface area contributed by atoms with Gasteiger partial charge in [-0.3, -0.25) is 4.79 Å². The van der Waals surface area contributed by atoms with Gasteiger partial charge in [-0.15, -0.1) is 0 Å². The Balaban J connectivity index is 1.57. The number of nitriles is 1. The van der Waals surface area contributed by atoms with Gasteiger partial charge in [0.1, 0.15) is 18.2 Å². The fraction of sp³-hybridized carbons (Fsp3) is 0.280. The predicted molar refractivity (Wildman–Crippen MR) is 129 cm³/mol. The molecule has 1 aliphatic rings. The maximum absolute atomic E-state index is 12.1. The normalized spacial score (nSPS) is 13.1. The number of methoxy groups -OCH3 is 1. The van der Waals surface area contributed by atoms with Gasteiger partial charge in [0.15, 0.2) is 5.82 Å². The van der Waals surface area contributed by atoms with Gasteiger partial charge in [0.25, 0.3) is 0 Å². The molecule has 0 saturated carbocycles. The van der Waals surface area contributed by atoms with Gasteiger partial charge < -0.3 is 24.6 Å². The average Bonchev–Trinajstić information content (AvgIpc) is 2.89. The summed E-state index contributed by atoms with van der Waals surface area (Å²) in [6.45, 7) is 3.53. The highest BCUT2D eigenvalue weighted by Crippen LogP contribution is 2.24. The van der Waals surface area contributed by atoms with Crippen LogP contribution in [0.5, 0.6) is 0 Å². The standard InChI is InChI=1S/C25H26N6O3/c1-33-23(32)18-31(17-19-5-3-2-4-6-19)24-20(15-26)16-27-25(29-24)28-21-7-9-22(10-8-21)30-11-13-34-14-12-30/h2-10,16H,11-14,17-18H2,1H3,(H,27,28,29). The zero-order valence-corrected chi connectivity index (χ0v) is 19.0. The highest BCUT2D eigenvalue weighted by Gasteiger charge is 2.19. The number of carbonyl (C=O) groups excluding carboxylic acids is 1. The number of aromatic nitrogens is 2. The molecular formula is C25H26N6O3. The molecule has 0 amide bonds. The summed E-state index contributed by atoms with van der Waals surface area (Å²) in [5.74, 6) is 0.266. The van der Waals surface area contributed by atoms with Crippen LogP contribution in [0.4, 0.5) is 23.1 Å². The van der Waals surface area contributed by atoms with Crippen molar-refractivity contribution in [2.45, 2.75) is 6.54 Å². The van der Waals surface area contributed by atoms with Crippen LogP contribution in [0.3, 0.4) is 0 Å². The summed E-state index contributed by atoms with van der Waals surface area (Å²) in [6, 6.07) is 19.8. The Kier molecular flexibility index (Phi) is 7.53. The van der Waals surface area contributed by atoms with E-state index in [1.165, 1.54) is 13.3 Å². The fourth-order valence-electron chi connectivity index (χ4n) is 3.69. The molecule has 0 radical (unpaired) electrons. The molecule has 2 aromatic carbocycles. The SMILES string of the molecule is COC(=O)CN(Cc1ccccc1)c1nc(Nc2ccc(N3CCOCC3)cc2)ncc1C#N. The van der Waals surface area contributed by atoms with Crippen molar-refractivity contribution in [3.63, 3.8) is 0 Å². The van der Waals surface area contributed by atoms with Crippen LogP contribution in [0.15, 0.2) is 60.8 Å². The van der Waals surface area contributed by atoms with Gasteiger partial charge in [-0.1, -0.05) is 30.3 Å². The average molecular weight is 459 g/mol. The van der Waals surface area contributed by atoms with Crippen LogP contribution >= 0.6 is 0 Å². The first-order valence-corrected chi connectivity index (χ1v) is 11.0. The number of hydrogen-bond donors (Lipinski definition) is 1. The molecule has 0 bridgehead atoms. The van der Waals surface area contributed by atoms with Crippen molar-refractivity contribution < 1.29 is 14.3 Å². The van der Waals surface area contributed by atoms with Crippen molar-refractivity contribution in [3.05, 3.63) is 71.9 Å². The van der Waals surface area contributed by atoms with Gasteiger partial charge in [0.2, 0.25) is 5.95 Å². The lowest BCUT2D eigenvalue weighted by molar-refractivity contribution is -0.139. The highest BCUT2D eigenvalue weighted by atomic mass is 16.5. The van der Waals surface area contributed by atoms with Crippen molar-refractivity contribution in [3.8, 4) is 6.07 Å². The van der Waals surface area contributed by atoms with E-state index in [0.29, 0.717) is 18.3 Å². The molecule has 1 aromatic heterocycles. The minimum Gasteiger partial charge on any atom is -0.468 e. The number of carbonyl (C=O) groups is 1. The summed E-state index contributed by atoms with van der Waals surface area (Å²) in [6.07, 6.45) is 1.46. The second-order valence-electron chi connectivity index (χ2n) is 7.73. The summed E-state index contributed by atoms with van der Waals surface area (Å²) in [7, 11) is 1.34. The zero-order chi connectivity index (χ0) is 23.8. The number of morpholine rings is 1. The lowest BCUT2D eigenvalue weighted by Gasteiger charge is -2.28. The summed E-state index contributed by atoms with van der Waals surface area (Å²) in [5, 5.41) is 12.8. The van der Waals surface area contributed by atoms with Crippen LogP contribution in [0.25, 0.3) is 0 Å². The van der Waals surface area contributed by atoms with E-state index in [2.05, 4.69) is 26.3 Å². The first-order chi connectivity index (χ1) is 16.7. The molecule has 3 aromatic rings. The monoisotopic (exact) mass is 458 g/mol. The van der Waals surface area contributed by atoms with Crippen LogP contribution in [-0.2, 0) is 20.8 Å². The van der Waals surface area contributed by atoms with Crippen LogP contribution in [0, 0.1) is 11.3 Å². The van der Waals surface area contributed by atoms with Gasteiger partial charge in [-0.05, 0) is 29.8 Å². The maximum Gasteiger partial charge on any atom is 0.325 e. The maximum atomic E-state index is 12.1. The van der Waals surface area contributed by atoms with E-state index < -0.39 is 5.97 Å². The Morgan fingerprint density at radius 2 is 1.91 bits per heavy atom. The van der Waals surface area contributed by atoms with Gasteiger partial charge >= 0.3 is 5.97 Å². The summed E-state index contributed by atoms with van der Waals surface area (Å²) >= 11 is 0. The number of rotatable bonds is 8. The second-order valence-corrected chi connectivity index (χ2v) is 7.73. The molecule has 1 fully saturated rings. The van der Waals surface area contributed by atoms with Gasteiger partial charge in [0.05, 0.1) is 26.5 Å². The molecule has 174 valence electrons. The Morgan fingerprint density at radius 3 is 2.59 bits per heavy atom. The Morgan fingerprint density at radius 1 is 1.18 bits per heavy atom. The molecule has 1 aliphatic heterocycles. The minimum atomic E-state index is -0.424. The summed E-state index contributed by atoms with van der Waals surface area (Å²) in [5.41, 5.74) is 3.19. The van der Waals surface area contributed by atoms with E-state index >= 15 is 0 Å². The van der Waals surface area contributed by atoms with Gasteiger partial charge in [-0.2, -0.15) is 10.2 Å². The van der Waals surface area contributed by atoms with E-state index in [9.17, 15) is 10.1 Å². The van der Waals surface area contributed by atoms with E-state index in [4.69, 9.17) is 9.47 Å². The van der Waals surface area contributed by atoms with Crippen molar-refractivity contribution >= 4 is 29.1 Å². The molecule has 9 heteroatoms. The number of hydrogen-bond acceptors (Lipinski definition) is 9. The first kappa shape index (κ1) is 23.0. The van der Waals surface area contributed by atoms with Crippen LogP contribution < -0.4 is 15.1 Å². The molecule has 1 N–H and O–H groups in total. The van der Waals surface area contributed by atoms with E-state index in [1.807, 2.05) is 54.6 Å². The topological polar surface area (TPSA) is 104 Å². The number of nitrogens with zero attached hydrogens (tertiary/aromatic N) is 5. The van der Waals surface area contributed by atoms with E-state index in [1.54, 1.807) is 4.90 Å². The van der Waals surface area contributed by atoms with E-state index in [-0.39, 0.29) is 12.1 Å². The first-order valence-electron chi connectivity index (χ1n) is 11.0. The van der Waals surface area contributed by atoms with Crippen molar-refractivity contribution in [1.82, 2.24) is 9.97 Å².